The van der Waals surface area contributed by atoms with E-state index in [0.717, 1.165) is 51.0 Å². The van der Waals surface area contributed by atoms with Crippen LogP contribution in [0.3, 0.4) is 0 Å². The lowest BCUT2D eigenvalue weighted by atomic mass is 10.1. The molecule has 0 amide bonds. The molecule has 1 aliphatic heterocycles. The molecule has 2 heterocycles. The van der Waals surface area contributed by atoms with Crippen LogP contribution in [0.4, 0.5) is 5.69 Å². The highest BCUT2D eigenvalue weighted by Gasteiger charge is 2.09. The van der Waals surface area contributed by atoms with Gasteiger partial charge in [0.05, 0.1) is 11.9 Å². The SMILES string of the molecule is CCCCn1ncc(NCCC2=CCNCC2)c(Br)c1=O. The quantitative estimate of drug-likeness (QED) is 0.738. The minimum absolute atomic E-state index is 0.0606. The van der Waals surface area contributed by atoms with Crippen LogP contribution in [0.15, 0.2) is 27.1 Å². The highest BCUT2D eigenvalue weighted by molar-refractivity contribution is 9.10. The Kier molecular flexibility index (Phi) is 6.45. The zero-order valence-electron chi connectivity index (χ0n) is 12.5. The first kappa shape index (κ1) is 16.2. The molecule has 0 bridgehead atoms. The smallest absolute Gasteiger partial charge is 0.283 e. The first-order chi connectivity index (χ1) is 10.2. The molecule has 2 rings (SSSR count). The Balaban J connectivity index is 1.92. The molecule has 0 unspecified atom stereocenters. The highest BCUT2D eigenvalue weighted by atomic mass is 79.9. The monoisotopic (exact) mass is 354 g/mol. The van der Waals surface area contributed by atoms with Gasteiger partial charge in [-0.25, -0.2) is 4.68 Å². The van der Waals surface area contributed by atoms with Crippen molar-refractivity contribution in [2.45, 2.75) is 39.2 Å². The standard InChI is InChI=1S/C15H23BrN4O/c1-2-3-10-20-15(21)14(16)13(11-19-20)18-9-6-12-4-7-17-8-5-12/h4,11,17-18H,2-3,5-10H2,1H3. The molecule has 1 aliphatic rings. The number of anilines is 1. The van der Waals surface area contributed by atoms with E-state index in [-0.39, 0.29) is 5.56 Å². The van der Waals surface area contributed by atoms with Crippen LogP contribution in [0, 0.1) is 0 Å². The largest absolute Gasteiger partial charge is 0.382 e. The number of aromatic nitrogens is 2. The Morgan fingerprint density at radius 3 is 3.10 bits per heavy atom. The van der Waals surface area contributed by atoms with Crippen molar-refractivity contribution in [3.05, 3.63) is 32.7 Å². The fourth-order valence-corrected chi connectivity index (χ4v) is 2.76. The van der Waals surface area contributed by atoms with Gasteiger partial charge in [-0.1, -0.05) is 25.0 Å². The van der Waals surface area contributed by atoms with E-state index < -0.39 is 0 Å². The Bertz CT molecular complexity index is 553. The van der Waals surface area contributed by atoms with Gasteiger partial charge in [-0.2, -0.15) is 5.10 Å². The molecule has 0 aliphatic carbocycles. The van der Waals surface area contributed by atoms with Gasteiger partial charge in [0.1, 0.15) is 4.47 Å². The molecule has 0 spiro atoms. The predicted molar refractivity (Wildman–Crippen MR) is 89.8 cm³/mol. The lowest BCUT2D eigenvalue weighted by molar-refractivity contribution is 0.541. The van der Waals surface area contributed by atoms with Crippen LogP contribution in [0.25, 0.3) is 0 Å². The third kappa shape index (κ3) is 4.68. The molecule has 0 fully saturated rings. The number of rotatable bonds is 7. The van der Waals surface area contributed by atoms with Crippen molar-refractivity contribution in [2.24, 2.45) is 0 Å². The van der Waals surface area contributed by atoms with Gasteiger partial charge in [0.2, 0.25) is 0 Å². The maximum atomic E-state index is 12.2. The van der Waals surface area contributed by atoms with Gasteiger partial charge >= 0.3 is 0 Å². The molecule has 1 aromatic rings. The van der Waals surface area contributed by atoms with E-state index in [4.69, 9.17) is 0 Å². The second-order valence-corrected chi connectivity index (χ2v) is 6.04. The van der Waals surface area contributed by atoms with E-state index in [1.54, 1.807) is 6.20 Å². The molecule has 21 heavy (non-hydrogen) atoms. The minimum atomic E-state index is -0.0606. The molecule has 1 aromatic heterocycles. The summed E-state index contributed by atoms with van der Waals surface area (Å²) in [6.45, 7) is 5.63. The minimum Gasteiger partial charge on any atom is -0.382 e. The van der Waals surface area contributed by atoms with Gasteiger partial charge in [-0.05, 0) is 41.7 Å². The summed E-state index contributed by atoms with van der Waals surface area (Å²) in [5.41, 5.74) is 2.19. The summed E-state index contributed by atoms with van der Waals surface area (Å²) in [5, 5.41) is 10.8. The van der Waals surface area contributed by atoms with Crippen molar-refractivity contribution in [1.82, 2.24) is 15.1 Å². The second kappa shape index (κ2) is 8.34. The van der Waals surface area contributed by atoms with Crippen molar-refractivity contribution >= 4 is 21.6 Å². The van der Waals surface area contributed by atoms with Crippen LogP contribution >= 0.6 is 15.9 Å². The Hall–Kier alpha value is -1.14. The number of unbranched alkanes of at least 4 members (excludes halogenated alkanes) is 1. The number of nitrogens with one attached hydrogen (secondary N) is 2. The fraction of sp³-hybridized carbons (Fsp3) is 0.600. The summed E-state index contributed by atoms with van der Waals surface area (Å²) < 4.78 is 2.10. The highest BCUT2D eigenvalue weighted by Crippen LogP contribution is 2.17. The van der Waals surface area contributed by atoms with Crippen molar-refractivity contribution in [3.8, 4) is 0 Å². The average molecular weight is 355 g/mol. The third-order valence-electron chi connectivity index (χ3n) is 3.63. The van der Waals surface area contributed by atoms with E-state index in [2.05, 4.69) is 44.7 Å². The van der Waals surface area contributed by atoms with Crippen LogP contribution in [0.5, 0.6) is 0 Å². The van der Waals surface area contributed by atoms with Gasteiger partial charge in [-0.3, -0.25) is 4.79 Å². The molecule has 6 heteroatoms. The number of hydrogen-bond acceptors (Lipinski definition) is 4. The number of halogens is 1. The van der Waals surface area contributed by atoms with Gasteiger partial charge < -0.3 is 10.6 Å². The first-order valence-electron chi connectivity index (χ1n) is 7.60. The molecule has 5 nitrogen and oxygen atoms in total. The zero-order chi connectivity index (χ0) is 15.1. The van der Waals surface area contributed by atoms with E-state index in [1.807, 2.05) is 0 Å². The van der Waals surface area contributed by atoms with E-state index >= 15 is 0 Å². The van der Waals surface area contributed by atoms with E-state index in [0.29, 0.717) is 11.0 Å². The summed E-state index contributed by atoms with van der Waals surface area (Å²) in [5.74, 6) is 0. The van der Waals surface area contributed by atoms with Crippen LogP contribution in [0.2, 0.25) is 0 Å². The summed E-state index contributed by atoms with van der Waals surface area (Å²) in [6.07, 6.45) is 8.12. The molecule has 116 valence electrons. The molecule has 0 saturated heterocycles. The Morgan fingerprint density at radius 1 is 1.52 bits per heavy atom. The average Bonchev–Trinajstić information content (AvgIpc) is 2.52. The molecule has 0 saturated carbocycles. The topological polar surface area (TPSA) is 59.0 Å². The lowest BCUT2D eigenvalue weighted by Crippen LogP contribution is -2.25. The first-order valence-corrected chi connectivity index (χ1v) is 8.39. The maximum absolute atomic E-state index is 12.2. The van der Waals surface area contributed by atoms with Crippen LogP contribution in [-0.2, 0) is 6.54 Å². The van der Waals surface area contributed by atoms with Gasteiger partial charge in [0.25, 0.3) is 5.56 Å². The molecule has 2 N–H and O–H groups in total. The molecule has 0 atom stereocenters. The molecule has 0 radical (unpaired) electrons. The van der Waals surface area contributed by atoms with Crippen molar-refractivity contribution in [1.29, 1.82) is 0 Å². The van der Waals surface area contributed by atoms with Gasteiger partial charge in [0, 0.05) is 19.6 Å². The third-order valence-corrected chi connectivity index (χ3v) is 4.39. The normalized spacial score (nSPS) is 14.9. The summed E-state index contributed by atoms with van der Waals surface area (Å²) in [4.78, 5) is 12.2. The Labute approximate surface area is 133 Å². The summed E-state index contributed by atoms with van der Waals surface area (Å²) in [6, 6.07) is 0. The zero-order valence-corrected chi connectivity index (χ0v) is 14.1. The van der Waals surface area contributed by atoms with Crippen molar-refractivity contribution in [2.75, 3.05) is 25.0 Å². The predicted octanol–water partition coefficient (Wildman–Crippen LogP) is 2.53. The number of nitrogens with zero attached hydrogens (tertiary/aromatic N) is 2. The van der Waals surface area contributed by atoms with Gasteiger partial charge in [0.15, 0.2) is 0 Å². The molecule has 0 aromatic carbocycles. The molecular weight excluding hydrogens is 332 g/mol. The number of aryl methyl sites for hydroxylation is 1. The fourth-order valence-electron chi connectivity index (χ4n) is 2.31. The van der Waals surface area contributed by atoms with Crippen LogP contribution in [-0.4, -0.2) is 29.4 Å². The van der Waals surface area contributed by atoms with E-state index in [9.17, 15) is 4.79 Å². The molecular formula is C15H23BrN4O. The van der Waals surface area contributed by atoms with Crippen molar-refractivity contribution in [3.63, 3.8) is 0 Å². The van der Waals surface area contributed by atoms with Gasteiger partial charge in [-0.15, -0.1) is 0 Å². The summed E-state index contributed by atoms with van der Waals surface area (Å²) in [7, 11) is 0. The number of hydrogen-bond donors (Lipinski definition) is 2. The van der Waals surface area contributed by atoms with Crippen molar-refractivity contribution < 1.29 is 0 Å². The Morgan fingerprint density at radius 2 is 2.38 bits per heavy atom. The summed E-state index contributed by atoms with van der Waals surface area (Å²) >= 11 is 3.39. The second-order valence-electron chi connectivity index (χ2n) is 5.25. The van der Waals surface area contributed by atoms with Crippen LogP contribution < -0.4 is 16.2 Å². The lowest BCUT2D eigenvalue weighted by Gasteiger charge is -2.15. The van der Waals surface area contributed by atoms with E-state index in [1.165, 1.54) is 10.3 Å². The maximum Gasteiger partial charge on any atom is 0.283 e. The van der Waals surface area contributed by atoms with Crippen LogP contribution in [0.1, 0.15) is 32.6 Å².